The first-order valence-electron chi connectivity index (χ1n) is 7.45. The summed E-state index contributed by atoms with van der Waals surface area (Å²) in [6, 6.07) is 8.98. The quantitative estimate of drug-likeness (QED) is 0.853. The molecule has 0 saturated heterocycles. The SMILES string of the molecule is CC(C)(C)c1ccc(CNCC2(CN)CCC2)cc1. The first-order chi connectivity index (χ1) is 8.95. The van der Waals surface area contributed by atoms with Crippen LogP contribution in [0.4, 0.5) is 0 Å². The predicted octanol–water partition coefficient (Wildman–Crippen LogP) is 3.20. The van der Waals surface area contributed by atoms with E-state index in [1.54, 1.807) is 0 Å². The number of benzene rings is 1. The number of nitrogens with one attached hydrogen (secondary N) is 1. The molecular weight excluding hydrogens is 232 g/mol. The van der Waals surface area contributed by atoms with Crippen molar-refractivity contribution in [2.45, 2.75) is 52.0 Å². The van der Waals surface area contributed by atoms with Crippen molar-refractivity contribution < 1.29 is 0 Å². The van der Waals surface area contributed by atoms with E-state index in [4.69, 9.17) is 5.73 Å². The Morgan fingerprint density at radius 3 is 2.21 bits per heavy atom. The second-order valence-electron chi connectivity index (χ2n) is 7.11. The molecule has 1 aromatic rings. The second kappa shape index (κ2) is 5.64. The van der Waals surface area contributed by atoms with Gasteiger partial charge in [0.2, 0.25) is 0 Å². The summed E-state index contributed by atoms with van der Waals surface area (Å²) in [5.41, 5.74) is 9.27. The van der Waals surface area contributed by atoms with Crippen LogP contribution in [0.5, 0.6) is 0 Å². The first kappa shape index (κ1) is 14.5. The lowest BCUT2D eigenvalue weighted by Crippen LogP contribution is -2.45. The van der Waals surface area contributed by atoms with Crippen LogP contribution in [-0.2, 0) is 12.0 Å². The minimum absolute atomic E-state index is 0.238. The topological polar surface area (TPSA) is 38.0 Å². The molecule has 0 radical (unpaired) electrons. The standard InChI is InChI=1S/C17H28N2/c1-16(2,3)15-7-5-14(6-8-15)11-19-13-17(12-18)9-4-10-17/h5-8,19H,4,9-13,18H2,1-3H3. The molecule has 0 bridgehead atoms. The van der Waals surface area contributed by atoms with Crippen molar-refractivity contribution in [3.63, 3.8) is 0 Å². The predicted molar refractivity (Wildman–Crippen MR) is 82.2 cm³/mol. The Morgan fingerprint density at radius 1 is 1.16 bits per heavy atom. The molecule has 1 fully saturated rings. The Kier molecular flexibility index (Phi) is 4.32. The zero-order chi connectivity index (χ0) is 13.9. The summed E-state index contributed by atoms with van der Waals surface area (Å²) in [6.45, 7) is 9.59. The van der Waals surface area contributed by atoms with Crippen molar-refractivity contribution in [3.8, 4) is 0 Å². The molecule has 0 aliphatic heterocycles. The molecule has 1 saturated carbocycles. The van der Waals surface area contributed by atoms with Crippen molar-refractivity contribution in [3.05, 3.63) is 35.4 Å². The number of nitrogens with two attached hydrogens (primary N) is 1. The molecule has 0 atom stereocenters. The van der Waals surface area contributed by atoms with Gasteiger partial charge in [-0.3, -0.25) is 0 Å². The van der Waals surface area contributed by atoms with Gasteiger partial charge in [-0.15, -0.1) is 0 Å². The molecule has 19 heavy (non-hydrogen) atoms. The molecule has 0 spiro atoms. The minimum atomic E-state index is 0.238. The van der Waals surface area contributed by atoms with E-state index in [2.05, 4.69) is 50.4 Å². The van der Waals surface area contributed by atoms with E-state index in [-0.39, 0.29) is 5.41 Å². The smallest absolute Gasteiger partial charge is 0.0205 e. The third-order valence-corrected chi connectivity index (χ3v) is 4.50. The molecule has 2 nitrogen and oxygen atoms in total. The van der Waals surface area contributed by atoms with Gasteiger partial charge in [-0.1, -0.05) is 51.5 Å². The van der Waals surface area contributed by atoms with Crippen molar-refractivity contribution in [2.75, 3.05) is 13.1 Å². The van der Waals surface area contributed by atoms with E-state index >= 15 is 0 Å². The Bertz CT molecular complexity index is 391. The lowest BCUT2D eigenvalue weighted by molar-refractivity contribution is 0.141. The number of rotatable bonds is 5. The average Bonchev–Trinajstić information content (AvgIpc) is 2.32. The van der Waals surface area contributed by atoms with Crippen LogP contribution in [0.1, 0.15) is 51.2 Å². The van der Waals surface area contributed by atoms with Gasteiger partial charge in [0.25, 0.3) is 0 Å². The maximum atomic E-state index is 5.88. The fourth-order valence-corrected chi connectivity index (χ4v) is 2.72. The third kappa shape index (κ3) is 3.58. The van der Waals surface area contributed by atoms with E-state index in [1.807, 2.05) is 0 Å². The molecule has 3 N–H and O–H groups in total. The van der Waals surface area contributed by atoms with E-state index in [0.29, 0.717) is 5.41 Å². The summed E-state index contributed by atoms with van der Waals surface area (Å²) in [4.78, 5) is 0. The second-order valence-corrected chi connectivity index (χ2v) is 7.11. The van der Waals surface area contributed by atoms with Crippen molar-refractivity contribution in [1.82, 2.24) is 5.32 Å². The normalized spacial score (nSPS) is 18.1. The van der Waals surface area contributed by atoms with Gasteiger partial charge in [0.15, 0.2) is 0 Å². The molecule has 1 aliphatic carbocycles. The largest absolute Gasteiger partial charge is 0.330 e. The molecule has 2 heteroatoms. The molecule has 0 amide bonds. The number of hydrogen-bond acceptors (Lipinski definition) is 2. The van der Waals surface area contributed by atoms with Crippen molar-refractivity contribution in [2.24, 2.45) is 11.1 Å². The van der Waals surface area contributed by atoms with Crippen LogP contribution in [0.3, 0.4) is 0 Å². The van der Waals surface area contributed by atoms with Crippen LogP contribution in [-0.4, -0.2) is 13.1 Å². The summed E-state index contributed by atoms with van der Waals surface area (Å²) < 4.78 is 0. The molecular formula is C17H28N2. The van der Waals surface area contributed by atoms with Gasteiger partial charge < -0.3 is 11.1 Å². The highest BCUT2D eigenvalue weighted by Crippen LogP contribution is 2.39. The van der Waals surface area contributed by atoms with E-state index < -0.39 is 0 Å². The minimum Gasteiger partial charge on any atom is -0.330 e. The van der Waals surface area contributed by atoms with Gasteiger partial charge in [-0.25, -0.2) is 0 Å². The average molecular weight is 260 g/mol. The van der Waals surface area contributed by atoms with Gasteiger partial charge in [-0.2, -0.15) is 0 Å². The summed E-state index contributed by atoms with van der Waals surface area (Å²) in [7, 11) is 0. The van der Waals surface area contributed by atoms with E-state index in [0.717, 1.165) is 19.6 Å². The van der Waals surface area contributed by atoms with Crippen LogP contribution in [0.25, 0.3) is 0 Å². The van der Waals surface area contributed by atoms with Gasteiger partial charge >= 0.3 is 0 Å². The van der Waals surface area contributed by atoms with Gasteiger partial charge in [-0.05, 0) is 41.3 Å². The Labute approximate surface area is 117 Å². The van der Waals surface area contributed by atoms with Crippen LogP contribution >= 0.6 is 0 Å². The van der Waals surface area contributed by atoms with Crippen molar-refractivity contribution >= 4 is 0 Å². The molecule has 106 valence electrons. The molecule has 1 aromatic carbocycles. The zero-order valence-corrected chi connectivity index (χ0v) is 12.6. The van der Waals surface area contributed by atoms with Gasteiger partial charge in [0.1, 0.15) is 0 Å². The molecule has 0 unspecified atom stereocenters. The number of hydrogen-bond donors (Lipinski definition) is 2. The van der Waals surface area contributed by atoms with Gasteiger partial charge in [0, 0.05) is 13.1 Å². The lowest BCUT2D eigenvalue weighted by Gasteiger charge is -2.41. The van der Waals surface area contributed by atoms with Crippen LogP contribution in [0, 0.1) is 5.41 Å². The van der Waals surface area contributed by atoms with Crippen LogP contribution in [0.15, 0.2) is 24.3 Å². The maximum Gasteiger partial charge on any atom is 0.0205 e. The summed E-state index contributed by atoms with van der Waals surface area (Å²) in [5.74, 6) is 0. The highest BCUT2D eigenvalue weighted by Gasteiger charge is 2.34. The van der Waals surface area contributed by atoms with Crippen molar-refractivity contribution in [1.29, 1.82) is 0 Å². The Balaban J connectivity index is 1.83. The summed E-state index contributed by atoms with van der Waals surface area (Å²) in [6.07, 6.45) is 3.93. The Hall–Kier alpha value is -0.860. The van der Waals surface area contributed by atoms with Gasteiger partial charge in [0.05, 0.1) is 0 Å². The summed E-state index contributed by atoms with van der Waals surface area (Å²) in [5, 5.41) is 3.57. The Morgan fingerprint density at radius 2 is 1.79 bits per heavy atom. The van der Waals surface area contributed by atoms with Crippen LogP contribution in [0.2, 0.25) is 0 Å². The molecule has 1 aliphatic rings. The monoisotopic (exact) mass is 260 g/mol. The van der Waals surface area contributed by atoms with Crippen LogP contribution < -0.4 is 11.1 Å². The third-order valence-electron chi connectivity index (χ3n) is 4.50. The fourth-order valence-electron chi connectivity index (χ4n) is 2.72. The van der Waals surface area contributed by atoms with E-state index in [9.17, 15) is 0 Å². The molecule has 0 aromatic heterocycles. The molecule has 0 heterocycles. The maximum absolute atomic E-state index is 5.88. The lowest BCUT2D eigenvalue weighted by atomic mass is 9.69. The van der Waals surface area contributed by atoms with E-state index in [1.165, 1.54) is 30.4 Å². The molecule has 2 rings (SSSR count). The first-order valence-corrected chi connectivity index (χ1v) is 7.45. The zero-order valence-electron chi connectivity index (χ0n) is 12.6. The summed E-state index contributed by atoms with van der Waals surface area (Å²) >= 11 is 0. The highest BCUT2D eigenvalue weighted by atomic mass is 14.9. The highest BCUT2D eigenvalue weighted by molar-refractivity contribution is 5.27. The fraction of sp³-hybridized carbons (Fsp3) is 0.647.